The molecular formula is C21H38O2Si. The number of ketones is 1. The summed E-state index contributed by atoms with van der Waals surface area (Å²) in [5.41, 5.74) is 6.37. The number of hydrogen-bond acceptors (Lipinski definition) is 2. The fourth-order valence-electron chi connectivity index (χ4n) is 3.83. The zero-order chi connectivity index (χ0) is 19.1. The van der Waals surface area contributed by atoms with Crippen molar-refractivity contribution in [2.24, 2.45) is 5.92 Å². The molecule has 0 unspecified atom stereocenters. The van der Waals surface area contributed by atoms with E-state index >= 15 is 0 Å². The number of rotatable bonds is 8. The Morgan fingerprint density at radius 1 is 1.04 bits per heavy atom. The third-order valence-electron chi connectivity index (χ3n) is 5.43. The van der Waals surface area contributed by atoms with Crippen LogP contribution in [0.1, 0.15) is 68.7 Å². The summed E-state index contributed by atoms with van der Waals surface area (Å²) < 4.78 is 5.71. The summed E-state index contributed by atoms with van der Waals surface area (Å²) in [4.78, 5) is 11.6. The van der Waals surface area contributed by atoms with Gasteiger partial charge in [-0.15, -0.1) is 5.54 Å². The van der Waals surface area contributed by atoms with Crippen LogP contribution in [0.2, 0.25) is 16.6 Å². The van der Waals surface area contributed by atoms with Crippen molar-refractivity contribution >= 4 is 13.9 Å². The molecule has 0 rings (SSSR count). The number of carbonyl (C=O) groups is 1. The quantitative estimate of drug-likeness (QED) is 0.315. The van der Waals surface area contributed by atoms with Gasteiger partial charge < -0.3 is 4.74 Å². The Kier molecular flexibility index (Phi) is 9.85. The Hall–Kier alpha value is -0.853. The lowest BCUT2D eigenvalue weighted by Gasteiger charge is -2.38. The molecule has 0 aromatic rings. The van der Waals surface area contributed by atoms with Crippen LogP contribution in [-0.2, 0) is 9.53 Å². The molecule has 0 fully saturated rings. The van der Waals surface area contributed by atoms with Gasteiger partial charge in [-0.1, -0.05) is 60.5 Å². The summed E-state index contributed by atoms with van der Waals surface area (Å²) >= 11 is 0. The summed E-state index contributed by atoms with van der Waals surface area (Å²) in [6.07, 6.45) is 2.80. The molecular weight excluding hydrogens is 312 g/mol. The van der Waals surface area contributed by atoms with Gasteiger partial charge >= 0.3 is 0 Å². The number of carbonyl (C=O) groups excluding carboxylic acids is 1. The molecule has 0 saturated heterocycles. The van der Waals surface area contributed by atoms with Gasteiger partial charge in [-0.2, -0.15) is 0 Å². The third kappa shape index (κ3) is 5.60. The molecule has 0 N–H and O–H groups in total. The summed E-state index contributed by atoms with van der Waals surface area (Å²) in [5.74, 6) is 3.76. The molecule has 3 heteroatoms. The smallest absolute Gasteiger partial charge is 0.155 e. The average molecular weight is 351 g/mol. The molecule has 0 aromatic carbocycles. The lowest BCUT2D eigenvalue weighted by molar-refractivity contribution is -0.113. The van der Waals surface area contributed by atoms with Crippen LogP contribution >= 0.6 is 0 Å². The van der Waals surface area contributed by atoms with E-state index in [1.807, 2.05) is 13.0 Å². The van der Waals surface area contributed by atoms with Crippen LogP contribution in [0.5, 0.6) is 0 Å². The lowest BCUT2D eigenvalue weighted by Crippen LogP contribution is -2.43. The second-order valence-corrected chi connectivity index (χ2v) is 13.4. The maximum absolute atomic E-state index is 11.6. The first kappa shape index (κ1) is 23.1. The highest BCUT2D eigenvalue weighted by atomic mass is 28.3. The van der Waals surface area contributed by atoms with Crippen molar-refractivity contribution in [3.63, 3.8) is 0 Å². The van der Waals surface area contributed by atoms with Crippen molar-refractivity contribution in [2.75, 3.05) is 7.11 Å². The maximum Gasteiger partial charge on any atom is 0.155 e. The molecule has 0 aliphatic rings. The SMILES string of the molecule is CC[C@@H](/C=C(/C)C(C)=O)[C@H](C#C[Si](C(C)C)(C(C)C)C(C)C)OC. The Morgan fingerprint density at radius 2 is 1.50 bits per heavy atom. The van der Waals surface area contributed by atoms with E-state index in [4.69, 9.17) is 4.74 Å². The molecule has 138 valence electrons. The van der Waals surface area contributed by atoms with E-state index in [9.17, 15) is 4.79 Å². The molecule has 0 saturated carbocycles. The number of allylic oxidation sites excluding steroid dienone is 1. The molecule has 0 aliphatic carbocycles. The predicted molar refractivity (Wildman–Crippen MR) is 108 cm³/mol. The van der Waals surface area contributed by atoms with E-state index in [-0.39, 0.29) is 17.8 Å². The van der Waals surface area contributed by atoms with Crippen molar-refractivity contribution in [1.82, 2.24) is 0 Å². The molecule has 2 atom stereocenters. The highest BCUT2D eigenvalue weighted by Crippen LogP contribution is 2.40. The van der Waals surface area contributed by atoms with Crippen LogP contribution in [0.4, 0.5) is 0 Å². The van der Waals surface area contributed by atoms with Crippen molar-refractivity contribution in [2.45, 2.75) is 91.5 Å². The van der Waals surface area contributed by atoms with Crippen LogP contribution < -0.4 is 0 Å². The maximum atomic E-state index is 11.6. The molecule has 0 radical (unpaired) electrons. The van der Waals surface area contributed by atoms with Gasteiger partial charge in [-0.05, 0) is 42.5 Å². The van der Waals surface area contributed by atoms with E-state index in [1.54, 1.807) is 14.0 Å². The van der Waals surface area contributed by atoms with Gasteiger partial charge in [0.2, 0.25) is 0 Å². The molecule has 2 nitrogen and oxygen atoms in total. The molecule has 0 amide bonds. The first-order valence-electron chi connectivity index (χ1n) is 9.29. The molecule has 0 heterocycles. The number of ether oxygens (including phenoxy) is 1. The van der Waals surface area contributed by atoms with E-state index in [2.05, 4.69) is 59.9 Å². The lowest BCUT2D eigenvalue weighted by atomic mass is 9.96. The number of hydrogen-bond donors (Lipinski definition) is 0. The van der Waals surface area contributed by atoms with Gasteiger partial charge in [0.25, 0.3) is 0 Å². The minimum Gasteiger partial charge on any atom is -0.368 e. The summed E-state index contributed by atoms with van der Waals surface area (Å²) in [7, 11) is -0.0312. The van der Waals surface area contributed by atoms with Crippen molar-refractivity contribution in [3.8, 4) is 11.5 Å². The standard InChI is InChI=1S/C21H38O2Si/c1-11-20(14-18(8)19(9)22)21(23-10)12-13-24(15(2)3,16(4)5)17(6)7/h14-17,20-21H,11H2,1-10H3/b18-14-/t20-,21-/m0/s1. The van der Waals surface area contributed by atoms with Gasteiger partial charge in [0.05, 0.1) is 0 Å². The van der Waals surface area contributed by atoms with E-state index in [0.717, 1.165) is 12.0 Å². The number of Topliss-reactive ketones (excluding diaryl/α,β-unsaturated/α-hetero) is 1. The molecule has 0 bridgehead atoms. The minimum absolute atomic E-state index is 0.117. The first-order valence-corrected chi connectivity index (χ1v) is 11.5. The van der Waals surface area contributed by atoms with Gasteiger partial charge in [0, 0.05) is 13.0 Å². The van der Waals surface area contributed by atoms with E-state index in [0.29, 0.717) is 16.6 Å². The Bertz CT molecular complexity index is 470. The van der Waals surface area contributed by atoms with E-state index < -0.39 is 8.07 Å². The average Bonchev–Trinajstić information content (AvgIpc) is 2.48. The topological polar surface area (TPSA) is 26.3 Å². The highest BCUT2D eigenvalue weighted by molar-refractivity contribution is 6.90. The monoisotopic (exact) mass is 350 g/mol. The second kappa shape index (κ2) is 10.2. The van der Waals surface area contributed by atoms with Crippen LogP contribution in [0.25, 0.3) is 0 Å². The molecule has 0 spiro atoms. The van der Waals surface area contributed by atoms with E-state index in [1.165, 1.54) is 0 Å². The van der Waals surface area contributed by atoms with Crippen molar-refractivity contribution in [3.05, 3.63) is 11.6 Å². The van der Waals surface area contributed by atoms with Gasteiger partial charge in [-0.3, -0.25) is 4.79 Å². The van der Waals surface area contributed by atoms with Gasteiger partial charge in [-0.25, -0.2) is 0 Å². The molecule has 0 aliphatic heterocycles. The highest BCUT2D eigenvalue weighted by Gasteiger charge is 2.41. The van der Waals surface area contributed by atoms with Crippen LogP contribution in [0, 0.1) is 17.4 Å². The Labute approximate surface area is 151 Å². The van der Waals surface area contributed by atoms with Gasteiger partial charge in [0.15, 0.2) is 5.78 Å². The van der Waals surface area contributed by atoms with Crippen molar-refractivity contribution < 1.29 is 9.53 Å². The van der Waals surface area contributed by atoms with Gasteiger partial charge in [0.1, 0.15) is 14.2 Å². The predicted octanol–water partition coefficient (Wildman–Crippen LogP) is 5.78. The Balaban J connectivity index is 5.84. The largest absolute Gasteiger partial charge is 0.368 e. The summed E-state index contributed by atoms with van der Waals surface area (Å²) in [6, 6.07) is 0. The zero-order valence-electron chi connectivity index (χ0n) is 17.5. The minimum atomic E-state index is -1.76. The summed E-state index contributed by atoms with van der Waals surface area (Å²) in [5, 5.41) is 0. The zero-order valence-corrected chi connectivity index (χ0v) is 18.5. The second-order valence-electron chi connectivity index (χ2n) is 7.80. The fraction of sp³-hybridized carbons (Fsp3) is 0.762. The first-order chi connectivity index (χ1) is 11.0. The molecule has 24 heavy (non-hydrogen) atoms. The fourth-order valence-corrected chi connectivity index (χ4v) is 9.09. The van der Waals surface area contributed by atoms with Crippen LogP contribution in [-0.4, -0.2) is 27.1 Å². The Morgan fingerprint density at radius 3 is 1.79 bits per heavy atom. The molecule has 0 aromatic heterocycles. The third-order valence-corrected chi connectivity index (χ3v) is 11.7. The normalized spacial score (nSPS) is 15.5. The van der Waals surface area contributed by atoms with Crippen LogP contribution in [0.3, 0.4) is 0 Å². The van der Waals surface area contributed by atoms with Crippen molar-refractivity contribution in [1.29, 1.82) is 0 Å². The summed E-state index contributed by atoms with van der Waals surface area (Å²) in [6.45, 7) is 19.5. The number of methoxy groups -OCH3 is 1. The van der Waals surface area contributed by atoms with Crippen LogP contribution in [0.15, 0.2) is 11.6 Å².